The second-order valence-electron chi connectivity index (χ2n) is 4.74. The number of nitrogens with one attached hydrogen (secondary N) is 1. The van der Waals surface area contributed by atoms with Gasteiger partial charge in [0.05, 0.1) is 19.3 Å². The molecule has 0 spiro atoms. The molecule has 1 unspecified atom stereocenters. The maximum absolute atomic E-state index is 5.78. The summed E-state index contributed by atoms with van der Waals surface area (Å²) in [5, 5.41) is 3.16. The Labute approximate surface area is 103 Å². The van der Waals surface area contributed by atoms with Crippen LogP contribution in [0.15, 0.2) is 10.5 Å². The van der Waals surface area contributed by atoms with E-state index < -0.39 is 0 Å². The number of nitrogens with zero attached hydrogens (tertiary/aromatic N) is 1. The van der Waals surface area contributed by atoms with Gasteiger partial charge in [-0.2, -0.15) is 0 Å². The Morgan fingerprint density at radius 2 is 2.35 bits per heavy atom. The van der Waals surface area contributed by atoms with Gasteiger partial charge in [0, 0.05) is 25.2 Å². The highest BCUT2D eigenvalue weighted by atomic mass is 16.5. The number of rotatable bonds is 4. The predicted molar refractivity (Wildman–Crippen MR) is 66.9 cm³/mol. The Kier molecular flexibility index (Phi) is 4.20. The van der Waals surface area contributed by atoms with Crippen molar-refractivity contribution in [2.24, 2.45) is 0 Å². The summed E-state index contributed by atoms with van der Waals surface area (Å²) in [5.74, 6) is 2.08. The van der Waals surface area contributed by atoms with Crippen LogP contribution in [0.4, 0.5) is 0 Å². The Morgan fingerprint density at radius 1 is 1.53 bits per heavy atom. The molecule has 1 atom stereocenters. The molecular weight excluding hydrogens is 216 g/mol. The van der Waals surface area contributed by atoms with Crippen LogP contribution in [0.1, 0.15) is 24.0 Å². The lowest BCUT2D eigenvalue weighted by molar-refractivity contribution is -0.0231. The van der Waals surface area contributed by atoms with E-state index in [-0.39, 0.29) is 0 Å². The van der Waals surface area contributed by atoms with Gasteiger partial charge in [0.1, 0.15) is 11.5 Å². The Balaban J connectivity index is 1.95. The summed E-state index contributed by atoms with van der Waals surface area (Å²) in [7, 11) is 1.95. The Hall–Kier alpha value is -0.840. The zero-order valence-electron chi connectivity index (χ0n) is 11.0. The Bertz CT molecular complexity index is 362. The molecule has 1 saturated heterocycles. The molecule has 0 aromatic carbocycles. The highest BCUT2D eigenvalue weighted by Gasteiger charge is 2.18. The molecule has 0 aliphatic carbocycles. The standard InChI is InChI=1S/C13H22N2O2/c1-10-8-15(4-5-16-10)9-13-6-12(7-14-3)11(2)17-13/h6,10,14H,4-5,7-9H2,1-3H3. The van der Waals surface area contributed by atoms with Crippen molar-refractivity contribution >= 4 is 0 Å². The summed E-state index contributed by atoms with van der Waals surface area (Å²) in [6.07, 6.45) is 0.330. The van der Waals surface area contributed by atoms with Gasteiger partial charge in [0.15, 0.2) is 0 Å². The molecule has 1 aromatic rings. The molecule has 1 aromatic heterocycles. The summed E-state index contributed by atoms with van der Waals surface area (Å²) in [4.78, 5) is 2.38. The van der Waals surface area contributed by atoms with Crippen molar-refractivity contribution < 1.29 is 9.15 Å². The van der Waals surface area contributed by atoms with Gasteiger partial charge in [-0.3, -0.25) is 4.90 Å². The van der Waals surface area contributed by atoms with Crippen LogP contribution in [0.3, 0.4) is 0 Å². The minimum absolute atomic E-state index is 0.330. The van der Waals surface area contributed by atoms with E-state index in [1.54, 1.807) is 0 Å². The molecular formula is C13H22N2O2. The van der Waals surface area contributed by atoms with Gasteiger partial charge >= 0.3 is 0 Å². The van der Waals surface area contributed by atoms with Gasteiger partial charge in [-0.1, -0.05) is 0 Å². The SMILES string of the molecule is CNCc1cc(CN2CCOC(C)C2)oc1C. The van der Waals surface area contributed by atoms with Crippen molar-refractivity contribution in [3.63, 3.8) is 0 Å². The van der Waals surface area contributed by atoms with Crippen molar-refractivity contribution in [3.8, 4) is 0 Å². The van der Waals surface area contributed by atoms with Crippen molar-refractivity contribution in [2.75, 3.05) is 26.7 Å². The smallest absolute Gasteiger partial charge is 0.118 e. The van der Waals surface area contributed by atoms with Crippen LogP contribution in [0.5, 0.6) is 0 Å². The van der Waals surface area contributed by atoms with E-state index in [2.05, 4.69) is 23.2 Å². The average Bonchev–Trinajstić information content (AvgIpc) is 2.60. The lowest BCUT2D eigenvalue weighted by Gasteiger charge is -2.30. The highest BCUT2D eigenvalue weighted by Crippen LogP contribution is 2.17. The highest BCUT2D eigenvalue weighted by molar-refractivity contribution is 5.20. The van der Waals surface area contributed by atoms with Gasteiger partial charge < -0.3 is 14.5 Å². The van der Waals surface area contributed by atoms with Crippen molar-refractivity contribution in [1.29, 1.82) is 0 Å². The lowest BCUT2D eigenvalue weighted by Crippen LogP contribution is -2.40. The molecule has 4 nitrogen and oxygen atoms in total. The molecule has 0 amide bonds. The predicted octanol–water partition coefficient (Wildman–Crippen LogP) is 1.53. The van der Waals surface area contributed by atoms with E-state index in [0.29, 0.717) is 6.10 Å². The number of furan rings is 1. The number of aryl methyl sites for hydroxylation is 1. The van der Waals surface area contributed by atoms with Crippen LogP contribution in [-0.4, -0.2) is 37.7 Å². The second-order valence-corrected chi connectivity index (χ2v) is 4.74. The van der Waals surface area contributed by atoms with Gasteiger partial charge in [-0.25, -0.2) is 0 Å². The molecule has 96 valence electrons. The van der Waals surface area contributed by atoms with E-state index in [9.17, 15) is 0 Å². The number of ether oxygens (including phenoxy) is 1. The minimum Gasteiger partial charge on any atom is -0.465 e. The molecule has 2 rings (SSSR count). The number of morpholine rings is 1. The van der Waals surface area contributed by atoms with Crippen LogP contribution in [0.25, 0.3) is 0 Å². The van der Waals surface area contributed by atoms with E-state index >= 15 is 0 Å². The van der Waals surface area contributed by atoms with Crippen LogP contribution >= 0.6 is 0 Å². The van der Waals surface area contributed by atoms with Gasteiger partial charge in [0.25, 0.3) is 0 Å². The molecule has 1 N–H and O–H groups in total. The van der Waals surface area contributed by atoms with Crippen molar-refractivity contribution in [1.82, 2.24) is 10.2 Å². The molecule has 1 fully saturated rings. The molecule has 4 heteroatoms. The normalized spacial score (nSPS) is 21.9. The fourth-order valence-electron chi connectivity index (χ4n) is 2.29. The fraction of sp³-hybridized carbons (Fsp3) is 0.692. The fourth-order valence-corrected chi connectivity index (χ4v) is 2.29. The third-order valence-electron chi connectivity index (χ3n) is 3.14. The molecule has 0 bridgehead atoms. The van der Waals surface area contributed by atoms with Gasteiger partial charge in [0.2, 0.25) is 0 Å². The van der Waals surface area contributed by atoms with Gasteiger partial charge in [-0.05, 0) is 27.0 Å². The van der Waals surface area contributed by atoms with E-state index in [1.165, 1.54) is 5.56 Å². The summed E-state index contributed by atoms with van der Waals surface area (Å²) in [5.41, 5.74) is 1.25. The molecule has 17 heavy (non-hydrogen) atoms. The summed E-state index contributed by atoms with van der Waals surface area (Å²) < 4.78 is 11.3. The lowest BCUT2D eigenvalue weighted by atomic mass is 10.2. The average molecular weight is 238 g/mol. The third kappa shape index (κ3) is 3.31. The Morgan fingerprint density at radius 3 is 3.06 bits per heavy atom. The van der Waals surface area contributed by atoms with Crippen LogP contribution in [-0.2, 0) is 17.8 Å². The van der Waals surface area contributed by atoms with Crippen molar-refractivity contribution in [2.45, 2.75) is 33.0 Å². The molecule has 0 radical (unpaired) electrons. The first-order valence-corrected chi connectivity index (χ1v) is 6.25. The zero-order valence-corrected chi connectivity index (χ0v) is 11.0. The quantitative estimate of drug-likeness (QED) is 0.863. The van der Waals surface area contributed by atoms with Crippen LogP contribution < -0.4 is 5.32 Å². The largest absolute Gasteiger partial charge is 0.465 e. The molecule has 1 aliphatic heterocycles. The summed E-state index contributed by atoms with van der Waals surface area (Å²) >= 11 is 0. The minimum atomic E-state index is 0.330. The second kappa shape index (κ2) is 5.67. The molecule has 1 aliphatic rings. The van der Waals surface area contributed by atoms with Gasteiger partial charge in [-0.15, -0.1) is 0 Å². The van der Waals surface area contributed by atoms with Crippen LogP contribution in [0.2, 0.25) is 0 Å². The van der Waals surface area contributed by atoms with E-state index in [4.69, 9.17) is 9.15 Å². The van der Waals surface area contributed by atoms with E-state index in [1.807, 2.05) is 14.0 Å². The summed E-state index contributed by atoms with van der Waals surface area (Å²) in [6.45, 7) is 8.70. The topological polar surface area (TPSA) is 37.6 Å². The molecule has 2 heterocycles. The summed E-state index contributed by atoms with van der Waals surface area (Å²) in [6, 6.07) is 2.16. The first-order chi connectivity index (χ1) is 8.19. The third-order valence-corrected chi connectivity index (χ3v) is 3.14. The molecule has 0 saturated carbocycles. The maximum atomic E-state index is 5.78. The number of hydrogen-bond donors (Lipinski definition) is 1. The maximum Gasteiger partial charge on any atom is 0.118 e. The first kappa shape index (κ1) is 12.6. The van der Waals surface area contributed by atoms with E-state index in [0.717, 1.165) is 44.3 Å². The monoisotopic (exact) mass is 238 g/mol. The zero-order chi connectivity index (χ0) is 12.3. The number of hydrogen-bond acceptors (Lipinski definition) is 4. The van der Waals surface area contributed by atoms with Crippen molar-refractivity contribution in [3.05, 3.63) is 23.2 Å². The first-order valence-electron chi connectivity index (χ1n) is 6.25. The van der Waals surface area contributed by atoms with Crippen LogP contribution in [0, 0.1) is 6.92 Å².